The van der Waals surface area contributed by atoms with Gasteiger partial charge in [0.25, 0.3) is 5.91 Å². The van der Waals surface area contributed by atoms with E-state index in [1.807, 2.05) is 43.3 Å². The molecule has 0 radical (unpaired) electrons. The lowest BCUT2D eigenvalue weighted by molar-refractivity contribution is 0.101. The van der Waals surface area contributed by atoms with Crippen LogP contribution in [0.2, 0.25) is 0 Å². The SMILES string of the molecule is CCCCCCCCCCCCCCCCCCc1ccc(-c2[nH]c(O)c3c2C(=O)N=C3c2ccc(C)cc2)cc1. The minimum absolute atomic E-state index is 0.00239. The van der Waals surface area contributed by atoms with E-state index >= 15 is 0 Å². The summed E-state index contributed by atoms with van der Waals surface area (Å²) in [6, 6.07) is 16.2. The van der Waals surface area contributed by atoms with Crippen molar-refractivity contribution in [3.63, 3.8) is 0 Å². The summed E-state index contributed by atoms with van der Waals surface area (Å²) in [5.74, 6) is -0.309. The fourth-order valence-electron chi connectivity index (χ4n) is 6.00. The number of benzene rings is 2. The standard InChI is InChI=1S/C37H50N2O2/c1-3-4-5-6-7-8-9-10-11-12-13-14-15-16-17-18-19-29-22-26-31(27-23-29)35-33-32(36(40)39-35)34(38-37(33)41)30-24-20-28(2)21-25-30/h20-27,39-40H,3-19H2,1-2H3. The van der Waals surface area contributed by atoms with E-state index in [4.69, 9.17) is 0 Å². The second-order valence-corrected chi connectivity index (χ2v) is 12.0. The summed E-state index contributed by atoms with van der Waals surface area (Å²) < 4.78 is 0. The zero-order valence-corrected chi connectivity index (χ0v) is 25.4. The number of hydrogen-bond acceptors (Lipinski definition) is 2. The molecular weight excluding hydrogens is 504 g/mol. The Bertz CT molecular complexity index is 1250. The molecule has 2 N–H and O–H groups in total. The predicted octanol–water partition coefficient (Wildman–Crippen LogP) is 10.5. The molecule has 2 aromatic carbocycles. The molecule has 1 aliphatic heterocycles. The molecule has 0 unspecified atom stereocenters. The average Bonchev–Trinajstić information content (AvgIpc) is 3.51. The average molecular weight is 555 g/mol. The Balaban J connectivity index is 1.12. The summed E-state index contributed by atoms with van der Waals surface area (Å²) >= 11 is 0. The van der Waals surface area contributed by atoms with Gasteiger partial charge in [-0.25, -0.2) is 4.99 Å². The molecule has 2 heterocycles. The van der Waals surface area contributed by atoms with Gasteiger partial charge in [-0.05, 0) is 30.9 Å². The van der Waals surface area contributed by atoms with Crippen molar-refractivity contribution in [2.75, 3.05) is 0 Å². The minimum Gasteiger partial charge on any atom is -0.494 e. The zero-order chi connectivity index (χ0) is 28.9. The number of rotatable bonds is 19. The van der Waals surface area contributed by atoms with E-state index in [2.05, 4.69) is 29.0 Å². The number of aromatic amines is 1. The molecule has 4 rings (SSSR count). The third kappa shape index (κ3) is 8.92. The van der Waals surface area contributed by atoms with Gasteiger partial charge in [-0.2, -0.15) is 0 Å². The number of hydrogen-bond donors (Lipinski definition) is 2. The van der Waals surface area contributed by atoms with Gasteiger partial charge in [-0.3, -0.25) is 4.79 Å². The summed E-state index contributed by atoms with van der Waals surface area (Å²) in [5, 5.41) is 10.7. The molecule has 3 aromatic rings. The van der Waals surface area contributed by atoms with Crippen LogP contribution in [-0.2, 0) is 6.42 Å². The molecule has 4 nitrogen and oxygen atoms in total. The highest BCUT2D eigenvalue weighted by Crippen LogP contribution is 2.38. The molecule has 1 amide bonds. The van der Waals surface area contributed by atoms with Gasteiger partial charge in [-0.15, -0.1) is 0 Å². The van der Waals surface area contributed by atoms with Crippen LogP contribution in [0, 0.1) is 6.92 Å². The first kappa shape index (κ1) is 30.8. The number of carbonyl (C=O) groups is 1. The Morgan fingerprint density at radius 1 is 0.634 bits per heavy atom. The molecule has 0 saturated carbocycles. The van der Waals surface area contributed by atoms with Gasteiger partial charge in [0.15, 0.2) is 5.88 Å². The van der Waals surface area contributed by atoms with Gasteiger partial charge in [0, 0.05) is 5.56 Å². The molecule has 220 valence electrons. The van der Waals surface area contributed by atoms with Crippen molar-refractivity contribution in [1.82, 2.24) is 4.98 Å². The van der Waals surface area contributed by atoms with Gasteiger partial charge < -0.3 is 10.1 Å². The second-order valence-electron chi connectivity index (χ2n) is 12.0. The summed E-state index contributed by atoms with van der Waals surface area (Å²) in [4.78, 5) is 20.2. The normalized spacial score (nSPS) is 12.6. The maximum Gasteiger partial charge on any atom is 0.280 e. The van der Waals surface area contributed by atoms with Crippen molar-refractivity contribution in [2.24, 2.45) is 4.99 Å². The van der Waals surface area contributed by atoms with Crippen LogP contribution in [0.15, 0.2) is 53.5 Å². The van der Waals surface area contributed by atoms with E-state index in [9.17, 15) is 9.90 Å². The summed E-state index contributed by atoms with van der Waals surface area (Å²) in [6.45, 7) is 4.31. The molecule has 1 aromatic heterocycles. The first-order valence-corrected chi connectivity index (χ1v) is 16.3. The Hall–Kier alpha value is -3.14. The van der Waals surface area contributed by atoms with E-state index < -0.39 is 0 Å². The summed E-state index contributed by atoms with van der Waals surface area (Å²) in [5.41, 5.74) is 6.32. The maximum absolute atomic E-state index is 12.8. The lowest BCUT2D eigenvalue weighted by Gasteiger charge is -2.05. The van der Waals surface area contributed by atoms with Gasteiger partial charge in [-0.1, -0.05) is 157 Å². The van der Waals surface area contributed by atoms with Crippen molar-refractivity contribution in [3.8, 4) is 17.1 Å². The van der Waals surface area contributed by atoms with E-state index in [0.717, 1.165) is 23.1 Å². The molecular formula is C37H50N2O2. The van der Waals surface area contributed by atoms with E-state index in [-0.39, 0.29) is 11.8 Å². The number of nitrogens with zero attached hydrogens (tertiary/aromatic N) is 1. The Morgan fingerprint density at radius 2 is 1.12 bits per heavy atom. The van der Waals surface area contributed by atoms with Crippen molar-refractivity contribution in [3.05, 3.63) is 76.3 Å². The number of carbonyl (C=O) groups excluding carboxylic acids is 1. The number of amides is 1. The molecule has 4 heteroatoms. The quantitative estimate of drug-likeness (QED) is 0.145. The number of aromatic hydroxyl groups is 1. The number of aryl methyl sites for hydroxylation is 2. The van der Waals surface area contributed by atoms with Crippen LogP contribution in [-0.4, -0.2) is 21.7 Å². The fraction of sp³-hybridized carbons (Fsp3) is 0.514. The molecule has 0 bridgehead atoms. The van der Waals surface area contributed by atoms with Crippen LogP contribution in [0.5, 0.6) is 5.88 Å². The highest BCUT2D eigenvalue weighted by molar-refractivity contribution is 6.30. The van der Waals surface area contributed by atoms with Gasteiger partial charge in [0.05, 0.1) is 22.5 Å². The largest absolute Gasteiger partial charge is 0.494 e. The molecule has 0 spiro atoms. The third-order valence-electron chi connectivity index (χ3n) is 8.53. The van der Waals surface area contributed by atoms with Crippen LogP contribution in [0.4, 0.5) is 0 Å². The maximum atomic E-state index is 12.8. The summed E-state index contributed by atoms with van der Waals surface area (Å²) in [7, 11) is 0. The Morgan fingerprint density at radius 3 is 1.66 bits per heavy atom. The number of aromatic nitrogens is 1. The molecule has 0 saturated heterocycles. The number of aliphatic imine (C=N–C) groups is 1. The third-order valence-corrected chi connectivity index (χ3v) is 8.53. The zero-order valence-electron chi connectivity index (χ0n) is 25.4. The first-order chi connectivity index (χ1) is 20.1. The first-order valence-electron chi connectivity index (χ1n) is 16.3. The highest BCUT2D eigenvalue weighted by atomic mass is 16.3. The van der Waals surface area contributed by atoms with Crippen LogP contribution < -0.4 is 0 Å². The monoisotopic (exact) mass is 554 g/mol. The predicted molar refractivity (Wildman–Crippen MR) is 172 cm³/mol. The van der Waals surface area contributed by atoms with Crippen LogP contribution >= 0.6 is 0 Å². The molecule has 41 heavy (non-hydrogen) atoms. The van der Waals surface area contributed by atoms with Crippen LogP contribution in [0.25, 0.3) is 11.3 Å². The van der Waals surface area contributed by atoms with Crippen molar-refractivity contribution in [2.45, 2.75) is 123 Å². The molecule has 0 aliphatic carbocycles. The lowest BCUT2D eigenvalue weighted by atomic mass is 9.98. The Labute approximate surface area is 247 Å². The van der Waals surface area contributed by atoms with Gasteiger partial charge in [0.1, 0.15) is 0 Å². The second kappa shape index (κ2) is 16.3. The van der Waals surface area contributed by atoms with Crippen LogP contribution in [0.3, 0.4) is 0 Å². The Kier molecular flexibility index (Phi) is 12.3. The minimum atomic E-state index is -0.306. The molecule has 1 aliphatic rings. The molecule has 0 fully saturated rings. The van der Waals surface area contributed by atoms with Gasteiger partial charge >= 0.3 is 0 Å². The van der Waals surface area contributed by atoms with E-state index in [0.29, 0.717) is 22.5 Å². The highest BCUT2D eigenvalue weighted by Gasteiger charge is 2.33. The van der Waals surface area contributed by atoms with E-state index in [1.54, 1.807) is 0 Å². The molecule has 0 atom stereocenters. The van der Waals surface area contributed by atoms with Crippen molar-refractivity contribution in [1.29, 1.82) is 0 Å². The number of unbranched alkanes of at least 4 members (excludes halogenated alkanes) is 15. The smallest absolute Gasteiger partial charge is 0.280 e. The van der Waals surface area contributed by atoms with Crippen LogP contribution in [0.1, 0.15) is 142 Å². The van der Waals surface area contributed by atoms with E-state index in [1.165, 1.54) is 108 Å². The van der Waals surface area contributed by atoms with Crippen molar-refractivity contribution < 1.29 is 9.90 Å². The number of fused-ring (bicyclic) bond motifs is 1. The topological polar surface area (TPSA) is 65.4 Å². The van der Waals surface area contributed by atoms with Crippen molar-refractivity contribution >= 4 is 11.6 Å². The fourth-order valence-corrected chi connectivity index (χ4v) is 6.00. The van der Waals surface area contributed by atoms with Gasteiger partial charge in [0.2, 0.25) is 0 Å². The lowest BCUT2D eigenvalue weighted by Crippen LogP contribution is -1.99. The number of nitrogens with one attached hydrogen (secondary N) is 1. The number of H-pyrrole nitrogens is 1. The summed E-state index contributed by atoms with van der Waals surface area (Å²) in [6.07, 6.45) is 23.2.